The van der Waals surface area contributed by atoms with E-state index in [0.717, 1.165) is 18.5 Å². The van der Waals surface area contributed by atoms with Crippen LogP contribution in [0.15, 0.2) is 10.9 Å². The fourth-order valence-electron chi connectivity index (χ4n) is 1.88. The largest absolute Gasteiger partial charge is 0.376 e. The molecular weight excluding hydrogens is 208 g/mol. The molecule has 1 atom stereocenters. The molecule has 1 aromatic rings. The highest BCUT2D eigenvalue weighted by molar-refractivity contribution is 5.15. The minimum Gasteiger partial charge on any atom is -0.376 e. The van der Waals surface area contributed by atoms with Crippen LogP contribution in [0.5, 0.6) is 0 Å². The van der Waals surface area contributed by atoms with Gasteiger partial charge >= 0.3 is 0 Å². The van der Waals surface area contributed by atoms with E-state index in [4.69, 9.17) is 9.47 Å². The van der Waals surface area contributed by atoms with E-state index >= 15 is 0 Å². The first-order valence-electron chi connectivity index (χ1n) is 5.63. The van der Waals surface area contributed by atoms with Crippen LogP contribution in [0, 0.1) is 0 Å². The van der Waals surface area contributed by atoms with Gasteiger partial charge in [0.2, 0.25) is 0 Å². The van der Waals surface area contributed by atoms with Crippen LogP contribution in [-0.4, -0.2) is 29.8 Å². The predicted octanol–water partition coefficient (Wildman–Crippen LogP) is 0.735. The van der Waals surface area contributed by atoms with Crippen LogP contribution in [0.25, 0.3) is 0 Å². The van der Waals surface area contributed by atoms with Crippen molar-refractivity contribution in [2.45, 2.75) is 24.9 Å². The second-order valence-electron chi connectivity index (χ2n) is 4.26. The zero-order valence-corrected chi connectivity index (χ0v) is 8.94. The van der Waals surface area contributed by atoms with Gasteiger partial charge in [0.25, 0.3) is 5.56 Å². The van der Waals surface area contributed by atoms with E-state index < -0.39 is 0 Å². The fourth-order valence-corrected chi connectivity index (χ4v) is 1.88. The van der Waals surface area contributed by atoms with Crippen LogP contribution in [-0.2, 0) is 9.47 Å². The summed E-state index contributed by atoms with van der Waals surface area (Å²) in [6, 6.07) is 1.59. The summed E-state index contributed by atoms with van der Waals surface area (Å²) < 4.78 is 10.8. The van der Waals surface area contributed by atoms with E-state index in [2.05, 4.69) is 9.97 Å². The Balaban J connectivity index is 1.89. The minimum absolute atomic E-state index is 0.0962. The summed E-state index contributed by atoms with van der Waals surface area (Å²) in [4.78, 5) is 18.7. The van der Waals surface area contributed by atoms with Crippen LogP contribution in [0.3, 0.4) is 0 Å². The first-order chi connectivity index (χ1) is 7.83. The molecule has 1 aliphatic carbocycles. The fraction of sp³-hybridized carbons (Fsp3) is 0.636. The molecule has 0 radical (unpaired) electrons. The number of rotatable bonds is 2. The molecule has 2 aliphatic rings. The first-order valence-corrected chi connectivity index (χ1v) is 5.63. The second-order valence-corrected chi connectivity index (χ2v) is 4.26. The van der Waals surface area contributed by atoms with Crippen molar-refractivity contribution in [3.63, 3.8) is 0 Å². The number of nitrogens with one attached hydrogen (secondary N) is 1. The molecule has 0 amide bonds. The summed E-state index contributed by atoms with van der Waals surface area (Å²) in [6.45, 7) is 1.64. The maximum absolute atomic E-state index is 11.5. The molecule has 1 aliphatic heterocycles. The normalized spacial score (nSPS) is 25.6. The number of ether oxygens (including phenoxy) is 2. The van der Waals surface area contributed by atoms with E-state index in [1.54, 1.807) is 6.07 Å². The van der Waals surface area contributed by atoms with Crippen molar-refractivity contribution in [3.05, 3.63) is 27.9 Å². The zero-order valence-electron chi connectivity index (χ0n) is 8.94. The Morgan fingerprint density at radius 2 is 2.25 bits per heavy atom. The van der Waals surface area contributed by atoms with Gasteiger partial charge < -0.3 is 14.5 Å². The van der Waals surface area contributed by atoms with Crippen molar-refractivity contribution < 1.29 is 9.47 Å². The van der Waals surface area contributed by atoms with Gasteiger partial charge in [0.15, 0.2) is 0 Å². The molecule has 0 spiro atoms. The van der Waals surface area contributed by atoms with Gasteiger partial charge in [0.05, 0.1) is 25.5 Å². The van der Waals surface area contributed by atoms with Gasteiger partial charge in [-0.05, 0) is 12.8 Å². The van der Waals surface area contributed by atoms with Gasteiger partial charge in [-0.3, -0.25) is 4.79 Å². The lowest BCUT2D eigenvalue weighted by Crippen LogP contribution is -2.26. The summed E-state index contributed by atoms with van der Waals surface area (Å²) in [5.74, 6) is 1.08. The van der Waals surface area contributed by atoms with E-state index in [-0.39, 0.29) is 11.7 Å². The Bertz CT molecular complexity index is 433. The molecular formula is C11H14N2O3. The predicted molar refractivity (Wildman–Crippen MR) is 56.3 cm³/mol. The van der Waals surface area contributed by atoms with Crippen LogP contribution in [0.1, 0.15) is 36.4 Å². The maximum atomic E-state index is 11.5. The van der Waals surface area contributed by atoms with Gasteiger partial charge in [-0.15, -0.1) is 0 Å². The third-order valence-electron chi connectivity index (χ3n) is 2.90. The molecule has 3 rings (SSSR count). The average molecular weight is 222 g/mol. The molecule has 2 heterocycles. The number of hydrogen-bond donors (Lipinski definition) is 1. The maximum Gasteiger partial charge on any atom is 0.251 e. The van der Waals surface area contributed by atoms with Crippen molar-refractivity contribution >= 4 is 0 Å². The van der Waals surface area contributed by atoms with E-state index in [1.807, 2.05) is 0 Å². The molecule has 1 saturated heterocycles. The molecule has 0 bridgehead atoms. The molecule has 1 N–H and O–H groups in total. The highest BCUT2D eigenvalue weighted by Crippen LogP contribution is 2.38. The van der Waals surface area contributed by atoms with Gasteiger partial charge in [0.1, 0.15) is 11.9 Å². The first kappa shape index (κ1) is 9.99. The molecule has 1 saturated carbocycles. The van der Waals surface area contributed by atoms with E-state index in [0.29, 0.717) is 31.6 Å². The number of H-pyrrole nitrogens is 1. The molecule has 0 aromatic carbocycles. The number of hydrogen-bond acceptors (Lipinski definition) is 4. The molecule has 86 valence electrons. The average Bonchev–Trinajstić information content (AvgIpc) is 3.13. The van der Waals surface area contributed by atoms with Crippen LogP contribution in [0.2, 0.25) is 0 Å². The van der Waals surface area contributed by atoms with Crippen LogP contribution in [0.4, 0.5) is 0 Å². The Kier molecular flexibility index (Phi) is 2.49. The standard InChI is InChI=1S/C11H14N2O3/c14-10-5-8(7-1-2-7)12-11(13-10)9-6-15-3-4-16-9/h5,7,9H,1-4,6H2,(H,12,13,14). The summed E-state index contributed by atoms with van der Waals surface area (Å²) in [6.07, 6.45) is 2.05. The quantitative estimate of drug-likeness (QED) is 0.801. The topological polar surface area (TPSA) is 64.2 Å². The van der Waals surface area contributed by atoms with Crippen LogP contribution < -0.4 is 5.56 Å². The van der Waals surface area contributed by atoms with Crippen LogP contribution >= 0.6 is 0 Å². The van der Waals surface area contributed by atoms with E-state index in [1.165, 1.54) is 0 Å². The lowest BCUT2D eigenvalue weighted by atomic mass is 10.2. The zero-order chi connectivity index (χ0) is 11.0. The monoisotopic (exact) mass is 222 g/mol. The third kappa shape index (κ3) is 2.01. The summed E-state index contributed by atoms with van der Waals surface area (Å²) in [5, 5.41) is 0. The molecule has 1 aromatic heterocycles. The van der Waals surface area contributed by atoms with Crippen molar-refractivity contribution in [1.29, 1.82) is 0 Å². The van der Waals surface area contributed by atoms with Gasteiger partial charge in [-0.2, -0.15) is 0 Å². The summed E-state index contributed by atoms with van der Waals surface area (Å²) in [5.41, 5.74) is 0.800. The molecule has 2 fully saturated rings. The SMILES string of the molecule is O=c1cc(C2CC2)nc(C2COCCO2)[nH]1. The van der Waals surface area contributed by atoms with Crippen molar-refractivity contribution in [2.75, 3.05) is 19.8 Å². The Morgan fingerprint density at radius 1 is 1.38 bits per heavy atom. The lowest BCUT2D eigenvalue weighted by Gasteiger charge is -2.22. The Hall–Kier alpha value is -1.20. The minimum atomic E-state index is -0.222. The summed E-state index contributed by atoms with van der Waals surface area (Å²) >= 11 is 0. The second kappa shape index (κ2) is 3.99. The number of aromatic amines is 1. The number of nitrogens with zero attached hydrogens (tertiary/aromatic N) is 1. The molecule has 16 heavy (non-hydrogen) atoms. The third-order valence-corrected chi connectivity index (χ3v) is 2.90. The summed E-state index contributed by atoms with van der Waals surface area (Å²) in [7, 11) is 0. The molecule has 5 heteroatoms. The van der Waals surface area contributed by atoms with Crippen molar-refractivity contribution in [1.82, 2.24) is 9.97 Å². The Labute approximate surface area is 92.8 Å². The smallest absolute Gasteiger partial charge is 0.251 e. The number of aromatic nitrogens is 2. The molecule has 1 unspecified atom stereocenters. The van der Waals surface area contributed by atoms with Crippen molar-refractivity contribution in [3.8, 4) is 0 Å². The Morgan fingerprint density at radius 3 is 2.94 bits per heavy atom. The lowest BCUT2D eigenvalue weighted by molar-refractivity contribution is -0.0936. The van der Waals surface area contributed by atoms with Gasteiger partial charge in [-0.1, -0.05) is 0 Å². The highest BCUT2D eigenvalue weighted by Gasteiger charge is 2.27. The van der Waals surface area contributed by atoms with Gasteiger partial charge in [-0.25, -0.2) is 4.98 Å². The van der Waals surface area contributed by atoms with Gasteiger partial charge in [0, 0.05) is 12.0 Å². The van der Waals surface area contributed by atoms with Crippen molar-refractivity contribution in [2.24, 2.45) is 0 Å². The highest BCUT2D eigenvalue weighted by atomic mass is 16.6. The molecule has 5 nitrogen and oxygen atoms in total. The van der Waals surface area contributed by atoms with E-state index in [9.17, 15) is 4.79 Å².